The largest absolute Gasteiger partial charge is 0.342 e. The summed E-state index contributed by atoms with van der Waals surface area (Å²) < 4.78 is 1.90. The summed E-state index contributed by atoms with van der Waals surface area (Å²) in [6.07, 6.45) is 14.3. The number of thioether (sulfide) groups is 1. The van der Waals surface area contributed by atoms with Gasteiger partial charge in [-0.15, -0.1) is 11.8 Å². The smallest absolute Gasteiger partial charge is 0.224 e. The van der Waals surface area contributed by atoms with Crippen LogP contribution in [0.1, 0.15) is 57.8 Å². The van der Waals surface area contributed by atoms with Gasteiger partial charge >= 0.3 is 0 Å². The number of imidazole rings is 1. The molecule has 0 aromatic carbocycles. The van der Waals surface area contributed by atoms with E-state index in [0.29, 0.717) is 44.8 Å². The van der Waals surface area contributed by atoms with E-state index in [-0.39, 0.29) is 23.1 Å². The second kappa shape index (κ2) is 10.4. The molecule has 1 aromatic heterocycles. The van der Waals surface area contributed by atoms with Gasteiger partial charge in [-0.3, -0.25) is 9.59 Å². The van der Waals surface area contributed by atoms with Gasteiger partial charge in [-0.05, 0) is 24.3 Å². The van der Waals surface area contributed by atoms with E-state index in [1.807, 2.05) is 15.7 Å². The predicted octanol–water partition coefficient (Wildman–Crippen LogP) is 3.45. The fourth-order valence-electron chi connectivity index (χ4n) is 4.91. The van der Waals surface area contributed by atoms with Crippen molar-refractivity contribution in [3.63, 3.8) is 0 Å². The van der Waals surface area contributed by atoms with Crippen LogP contribution in [0.5, 0.6) is 0 Å². The zero-order valence-electron chi connectivity index (χ0n) is 18.0. The van der Waals surface area contributed by atoms with Crippen LogP contribution >= 0.6 is 11.8 Å². The minimum Gasteiger partial charge on any atom is -0.342 e. The number of carbonyl (C=O) groups excluding carboxylic acids is 2. The van der Waals surface area contributed by atoms with Crippen molar-refractivity contribution >= 4 is 23.6 Å². The van der Waals surface area contributed by atoms with Crippen LogP contribution in [0.4, 0.5) is 0 Å². The molecule has 2 unspecified atom stereocenters. The molecule has 2 amide bonds. The van der Waals surface area contributed by atoms with Crippen molar-refractivity contribution in [3.05, 3.63) is 29.2 Å². The van der Waals surface area contributed by atoms with Crippen LogP contribution in [0.2, 0.25) is 0 Å². The van der Waals surface area contributed by atoms with Gasteiger partial charge in [0.25, 0.3) is 0 Å². The Morgan fingerprint density at radius 3 is 2.84 bits per heavy atom. The van der Waals surface area contributed by atoms with Crippen molar-refractivity contribution in [2.24, 2.45) is 11.8 Å². The number of rotatable bonds is 7. The van der Waals surface area contributed by atoms with Crippen LogP contribution < -0.4 is 5.32 Å². The number of aromatic nitrogens is 2. The first kappa shape index (κ1) is 21.9. The minimum absolute atomic E-state index is 0.0523. The van der Waals surface area contributed by atoms with Gasteiger partial charge < -0.3 is 14.8 Å². The number of nitrogens with one attached hydrogen (secondary N) is 1. The molecule has 0 saturated heterocycles. The molecule has 1 aliphatic carbocycles. The third-order valence-corrected chi connectivity index (χ3v) is 8.05. The molecule has 0 bridgehead atoms. The van der Waals surface area contributed by atoms with E-state index in [9.17, 15) is 14.9 Å². The summed E-state index contributed by atoms with van der Waals surface area (Å²) >= 11 is 1.57. The van der Waals surface area contributed by atoms with E-state index in [1.165, 1.54) is 32.1 Å². The first-order chi connectivity index (χ1) is 15.1. The number of nitrogens with zero attached hydrogens (tertiary/aromatic N) is 4. The standard InChI is InChI=1S/C23H31N5O2S/c24-14-19-18-8-12-28(22(30)9-11-27-13-10-25-16-27)15-20(18)31-23(19)26-21(29)7-6-17-4-2-1-3-5-17/h10,13,16-17,19,23H,1-9,11-12,15H2,(H,26,29). The Morgan fingerprint density at radius 1 is 1.26 bits per heavy atom. The topological polar surface area (TPSA) is 91.0 Å². The van der Waals surface area contributed by atoms with Crippen LogP contribution in [0, 0.1) is 23.2 Å². The van der Waals surface area contributed by atoms with Gasteiger partial charge in [0.05, 0.1) is 30.2 Å². The second-order valence-electron chi connectivity index (χ2n) is 8.82. The molecule has 2 aliphatic heterocycles. The van der Waals surface area contributed by atoms with Gasteiger partial charge in [0, 0.05) is 43.2 Å². The highest BCUT2D eigenvalue weighted by Gasteiger charge is 2.39. The average Bonchev–Trinajstić information content (AvgIpc) is 3.43. The highest BCUT2D eigenvalue weighted by Crippen LogP contribution is 2.44. The molecule has 1 N–H and O–H groups in total. The maximum Gasteiger partial charge on any atom is 0.224 e. The molecule has 3 aliphatic rings. The molecular formula is C23H31N5O2S. The zero-order valence-corrected chi connectivity index (χ0v) is 18.8. The molecule has 8 heteroatoms. The van der Waals surface area contributed by atoms with E-state index in [2.05, 4.69) is 16.4 Å². The first-order valence-corrected chi connectivity index (χ1v) is 12.3. The number of hydrogen-bond donors (Lipinski definition) is 1. The summed E-state index contributed by atoms with van der Waals surface area (Å²) in [4.78, 5) is 32.2. The maximum atomic E-state index is 12.7. The molecular weight excluding hydrogens is 410 g/mol. The minimum atomic E-state index is -0.290. The lowest BCUT2D eigenvalue weighted by Crippen LogP contribution is -2.37. The van der Waals surface area contributed by atoms with E-state index in [0.717, 1.165) is 16.9 Å². The monoisotopic (exact) mass is 441 g/mol. The Balaban J connectivity index is 1.27. The highest BCUT2D eigenvalue weighted by molar-refractivity contribution is 8.04. The molecule has 3 heterocycles. The van der Waals surface area contributed by atoms with Gasteiger partial charge in [0.15, 0.2) is 0 Å². The van der Waals surface area contributed by atoms with Crippen LogP contribution in [0.25, 0.3) is 0 Å². The van der Waals surface area contributed by atoms with Crippen molar-refractivity contribution < 1.29 is 9.59 Å². The van der Waals surface area contributed by atoms with Gasteiger partial charge in [-0.2, -0.15) is 5.26 Å². The summed E-state index contributed by atoms with van der Waals surface area (Å²) in [6.45, 7) is 1.81. The summed E-state index contributed by atoms with van der Waals surface area (Å²) in [7, 11) is 0. The predicted molar refractivity (Wildman–Crippen MR) is 120 cm³/mol. The summed E-state index contributed by atoms with van der Waals surface area (Å²) in [5.41, 5.74) is 1.11. The number of amides is 2. The summed E-state index contributed by atoms with van der Waals surface area (Å²) in [6, 6.07) is 2.40. The lowest BCUT2D eigenvalue weighted by atomic mass is 9.86. The number of aryl methyl sites for hydroxylation is 1. The normalized spacial score (nSPS) is 24.0. The van der Waals surface area contributed by atoms with Crippen LogP contribution in [0.15, 0.2) is 29.2 Å². The van der Waals surface area contributed by atoms with E-state index in [1.54, 1.807) is 24.3 Å². The summed E-state index contributed by atoms with van der Waals surface area (Å²) in [5, 5.41) is 12.6. The lowest BCUT2D eigenvalue weighted by molar-refractivity contribution is -0.131. The fourth-order valence-corrected chi connectivity index (χ4v) is 6.38. The number of nitriles is 1. The van der Waals surface area contributed by atoms with Gasteiger partial charge in [0.1, 0.15) is 0 Å². The third kappa shape index (κ3) is 5.51. The van der Waals surface area contributed by atoms with Gasteiger partial charge in [-0.25, -0.2) is 4.98 Å². The molecule has 166 valence electrons. The second-order valence-corrected chi connectivity index (χ2v) is 10.1. The maximum absolute atomic E-state index is 12.7. The Kier molecular flexibility index (Phi) is 7.33. The fraction of sp³-hybridized carbons (Fsp3) is 0.652. The van der Waals surface area contributed by atoms with Crippen LogP contribution in [0.3, 0.4) is 0 Å². The number of carbonyl (C=O) groups is 2. The summed E-state index contributed by atoms with van der Waals surface area (Å²) in [5.74, 6) is 0.559. The molecule has 7 nitrogen and oxygen atoms in total. The van der Waals surface area contributed by atoms with Crippen molar-refractivity contribution in [1.29, 1.82) is 5.26 Å². The molecule has 0 spiro atoms. The Hall–Kier alpha value is -2.27. The van der Waals surface area contributed by atoms with Crippen LogP contribution in [-0.2, 0) is 16.1 Å². The molecule has 31 heavy (non-hydrogen) atoms. The Labute approximate surface area is 188 Å². The van der Waals surface area contributed by atoms with Gasteiger partial charge in [-0.1, -0.05) is 32.1 Å². The van der Waals surface area contributed by atoms with Crippen molar-refractivity contribution in [2.75, 3.05) is 13.1 Å². The molecule has 1 fully saturated rings. The van der Waals surface area contributed by atoms with E-state index in [4.69, 9.17) is 0 Å². The Morgan fingerprint density at radius 2 is 2.10 bits per heavy atom. The molecule has 1 aromatic rings. The van der Waals surface area contributed by atoms with E-state index < -0.39 is 0 Å². The molecule has 2 atom stereocenters. The highest BCUT2D eigenvalue weighted by atomic mass is 32.2. The molecule has 1 saturated carbocycles. The van der Waals surface area contributed by atoms with Crippen molar-refractivity contribution in [3.8, 4) is 6.07 Å². The zero-order chi connectivity index (χ0) is 21.6. The van der Waals surface area contributed by atoms with Gasteiger partial charge in [0.2, 0.25) is 11.8 Å². The van der Waals surface area contributed by atoms with E-state index >= 15 is 0 Å². The quantitative estimate of drug-likeness (QED) is 0.700. The first-order valence-electron chi connectivity index (χ1n) is 11.4. The number of hydrogen-bond acceptors (Lipinski definition) is 5. The lowest BCUT2D eigenvalue weighted by Gasteiger charge is -2.28. The molecule has 0 radical (unpaired) electrons. The molecule has 4 rings (SSSR count). The van der Waals surface area contributed by atoms with Crippen LogP contribution in [-0.4, -0.2) is 44.7 Å². The average molecular weight is 442 g/mol. The van der Waals surface area contributed by atoms with Crippen molar-refractivity contribution in [1.82, 2.24) is 19.8 Å². The SMILES string of the molecule is N#CC1C2=C(CN(C(=O)CCn3ccnc3)CC2)SC1NC(=O)CCC1CCCCC1. The van der Waals surface area contributed by atoms with Crippen molar-refractivity contribution in [2.45, 2.75) is 69.7 Å². The third-order valence-electron chi connectivity index (χ3n) is 6.73. The Bertz CT molecular complexity index is 854.